The van der Waals surface area contributed by atoms with Gasteiger partial charge in [-0.3, -0.25) is 4.79 Å². The Morgan fingerprint density at radius 1 is 1.44 bits per heavy atom. The molecule has 5 heteroatoms. The van der Waals surface area contributed by atoms with Gasteiger partial charge in [-0.05, 0) is 25.3 Å². The van der Waals surface area contributed by atoms with E-state index in [1.165, 1.54) is 0 Å². The van der Waals surface area contributed by atoms with Crippen LogP contribution in [0.4, 0.5) is 0 Å². The average molecular weight is 287 g/mol. The van der Waals surface area contributed by atoms with Crippen LogP contribution in [0.25, 0.3) is 0 Å². The first-order chi connectivity index (χ1) is 8.22. The first kappa shape index (κ1) is 15.3. The van der Waals surface area contributed by atoms with E-state index in [4.69, 9.17) is 0 Å². The average Bonchev–Trinajstić information content (AvgIpc) is 2.38. The van der Waals surface area contributed by atoms with Gasteiger partial charge in [-0.15, -0.1) is 24.2 Å². The highest BCUT2D eigenvalue weighted by Gasteiger charge is 2.22. The Morgan fingerprint density at radius 2 is 2.17 bits per heavy atom. The van der Waals surface area contributed by atoms with E-state index < -0.39 is 0 Å². The predicted octanol–water partition coefficient (Wildman–Crippen LogP) is 2.26. The molecule has 0 aromatic heterocycles. The van der Waals surface area contributed by atoms with E-state index in [0.29, 0.717) is 6.04 Å². The SMILES string of the molecule is CSc1ccccc1C(=O)N1CCNC(C)C1.Cl. The van der Waals surface area contributed by atoms with Gasteiger partial charge in [0.25, 0.3) is 5.91 Å². The lowest BCUT2D eigenvalue weighted by atomic mass is 10.1. The third-order valence-electron chi connectivity index (χ3n) is 2.99. The molecular formula is C13H19ClN2OS. The number of hydrogen-bond donors (Lipinski definition) is 1. The van der Waals surface area contributed by atoms with Gasteiger partial charge in [0.05, 0.1) is 5.56 Å². The Kier molecular flexibility index (Phi) is 5.99. The largest absolute Gasteiger partial charge is 0.336 e. The van der Waals surface area contributed by atoms with E-state index >= 15 is 0 Å². The van der Waals surface area contributed by atoms with Crippen LogP contribution in [0.2, 0.25) is 0 Å². The summed E-state index contributed by atoms with van der Waals surface area (Å²) >= 11 is 1.63. The number of amides is 1. The van der Waals surface area contributed by atoms with Crippen LogP contribution in [0.15, 0.2) is 29.2 Å². The van der Waals surface area contributed by atoms with Crippen LogP contribution in [0.1, 0.15) is 17.3 Å². The number of piperazine rings is 1. The van der Waals surface area contributed by atoms with Gasteiger partial charge in [0, 0.05) is 30.6 Å². The molecule has 18 heavy (non-hydrogen) atoms. The fourth-order valence-electron chi connectivity index (χ4n) is 2.11. The third-order valence-corrected chi connectivity index (χ3v) is 3.79. The van der Waals surface area contributed by atoms with Crippen LogP contribution >= 0.6 is 24.2 Å². The number of carbonyl (C=O) groups excluding carboxylic acids is 1. The van der Waals surface area contributed by atoms with Gasteiger partial charge < -0.3 is 10.2 Å². The van der Waals surface area contributed by atoms with Crippen LogP contribution in [-0.4, -0.2) is 42.7 Å². The summed E-state index contributed by atoms with van der Waals surface area (Å²) in [5, 5.41) is 3.35. The zero-order valence-corrected chi connectivity index (χ0v) is 12.3. The number of benzene rings is 1. The van der Waals surface area contributed by atoms with Gasteiger partial charge in [-0.2, -0.15) is 0 Å². The summed E-state index contributed by atoms with van der Waals surface area (Å²) in [5.41, 5.74) is 0.828. The Bertz CT molecular complexity index is 414. The van der Waals surface area contributed by atoms with Gasteiger partial charge in [-0.25, -0.2) is 0 Å². The highest BCUT2D eigenvalue weighted by molar-refractivity contribution is 7.98. The van der Waals surface area contributed by atoms with E-state index in [-0.39, 0.29) is 18.3 Å². The van der Waals surface area contributed by atoms with Gasteiger partial charge in [0.2, 0.25) is 0 Å². The van der Waals surface area contributed by atoms with Gasteiger partial charge in [0.15, 0.2) is 0 Å². The van der Waals surface area contributed by atoms with E-state index in [1.807, 2.05) is 35.4 Å². The Balaban J connectivity index is 0.00000162. The van der Waals surface area contributed by atoms with Crippen molar-refractivity contribution in [3.63, 3.8) is 0 Å². The van der Waals surface area contributed by atoms with Crippen molar-refractivity contribution in [1.29, 1.82) is 0 Å². The van der Waals surface area contributed by atoms with E-state index in [1.54, 1.807) is 11.8 Å². The number of nitrogens with one attached hydrogen (secondary N) is 1. The molecule has 0 bridgehead atoms. The lowest BCUT2D eigenvalue weighted by Gasteiger charge is -2.32. The van der Waals surface area contributed by atoms with Gasteiger partial charge >= 0.3 is 0 Å². The van der Waals surface area contributed by atoms with Crippen molar-refractivity contribution >= 4 is 30.1 Å². The molecule has 1 aliphatic heterocycles. The second kappa shape index (κ2) is 7.02. The second-order valence-electron chi connectivity index (χ2n) is 4.31. The first-order valence-electron chi connectivity index (χ1n) is 5.88. The van der Waals surface area contributed by atoms with Crippen molar-refractivity contribution in [3.8, 4) is 0 Å². The molecule has 2 rings (SSSR count). The first-order valence-corrected chi connectivity index (χ1v) is 7.10. The molecule has 1 aliphatic rings. The highest BCUT2D eigenvalue weighted by atomic mass is 35.5. The molecule has 1 N–H and O–H groups in total. The topological polar surface area (TPSA) is 32.3 Å². The summed E-state index contributed by atoms with van der Waals surface area (Å²) < 4.78 is 0. The zero-order chi connectivity index (χ0) is 12.3. The molecule has 1 unspecified atom stereocenters. The van der Waals surface area contributed by atoms with Crippen LogP contribution in [-0.2, 0) is 0 Å². The summed E-state index contributed by atoms with van der Waals surface area (Å²) in [6.45, 7) is 4.59. The molecule has 0 aliphatic carbocycles. The quantitative estimate of drug-likeness (QED) is 0.847. The zero-order valence-electron chi connectivity index (χ0n) is 10.7. The lowest BCUT2D eigenvalue weighted by Crippen LogP contribution is -2.51. The van der Waals surface area contributed by atoms with Crippen molar-refractivity contribution in [1.82, 2.24) is 10.2 Å². The van der Waals surface area contributed by atoms with Crippen molar-refractivity contribution in [3.05, 3.63) is 29.8 Å². The molecule has 0 saturated carbocycles. The van der Waals surface area contributed by atoms with Gasteiger partial charge in [0.1, 0.15) is 0 Å². The number of halogens is 1. The molecule has 100 valence electrons. The summed E-state index contributed by atoms with van der Waals surface area (Å²) in [5.74, 6) is 0.156. The van der Waals surface area contributed by atoms with Crippen molar-refractivity contribution in [2.45, 2.75) is 17.9 Å². The smallest absolute Gasteiger partial charge is 0.255 e. The molecule has 1 saturated heterocycles. The molecule has 3 nitrogen and oxygen atoms in total. The molecular weight excluding hydrogens is 268 g/mol. The van der Waals surface area contributed by atoms with Crippen molar-refractivity contribution in [2.24, 2.45) is 0 Å². The Labute approximate surface area is 119 Å². The van der Waals surface area contributed by atoms with Crippen molar-refractivity contribution < 1.29 is 4.79 Å². The van der Waals surface area contributed by atoms with Gasteiger partial charge in [-0.1, -0.05) is 12.1 Å². The standard InChI is InChI=1S/C13H18N2OS.ClH/c1-10-9-15(8-7-14-10)13(16)11-5-3-4-6-12(11)17-2;/h3-6,10,14H,7-9H2,1-2H3;1H. The Morgan fingerprint density at radius 3 is 2.83 bits per heavy atom. The molecule has 0 spiro atoms. The normalized spacial score (nSPS) is 19.2. The summed E-state index contributed by atoms with van der Waals surface area (Å²) in [6.07, 6.45) is 2.01. The minimum atomic E-state index is 0. The summed E-state index contributed by atoms with van der Waals surface area (Å²) in [7, 11) is 0. The maximum atomic E-state index is 12.4. The maximum Gasteiger partial charge on any atom is 0.255 e. The fraction of sp³-hybridized carbons (Fsp3) is 0.462. The third kappa shape index (κ3) is 3.40. The van der Waals surface area contributed by atoms with Crippen LogP contribution in [0, 0.1) is 0 Å². The molecule has 1 amide bonds. The predicted molar refractivity (Wildman–Crippen MR) is 78.8 cm³/mol. The fourth-order valence-corrected chi connectivity index (χ4v) is 2.70. The number of rotatable bonds is 2. The van der Waals surface area contributed by atoms with Crippen LogP contribution < -0.4 is 5.32 Å². The number of carbonyl (C=O) groups is 1. The van der Waals surface area contributed by atoms with E-state index in [9.17, 15) is 4.79 Å². The number of thioether (sulfide) groups is 1. The number of nitrogens with zero attached hydrogens (tertiary/aromatic N) is 1. The second-order valence-corrected chi connectivity index (χ2v) is 5.15. The monoisotopic (exact) mass is 286 g/mol. The lowest BCUT2D eigenvalue weighted by molar-refractivity contribution is 0.0705. The molecule has 1 heterocycles. The molecule has 1 aromatic rings. The van der Waals surface area contributed by atoms with Crippen LogP contribution in [0.5, 0.6) is 0 Å². The minimum absolute atomic E-state index is 0. The molecule has 1 atom stereocenters. The maximum absolute atomic E-state index is 12.4. The number of hydrogen-bond acceptors (Lipinski definition) is 3. The summed E-state index contributed by atoms with van der Waals surface area (Å²) in [6, 6.07) is 8.21. The molecule has 1 fully saturated rings. The van der Waals surface area contributed by atoms with Crippen LogP contribution in [0.3, 0.4) is 0 Å². The van der Waals surface area contributed by atoms with Crippen molar-refractivity contribution in [2.75, 3.05) is 25.9 Å². The minimum Gasteiger partial charge on any atom is -0.336 e. The summed E-state index contributed by atoms with van der Waals surface area (Å²) in [4.78, 5) is 15.4. The van der Waals surface area contributed by atoms with E-state index in [0.717, 1.165) is 30.1 Å². The van der Waals surface area contributed by atoms with E-state index in [2.05, 4.69) is 12.2 Å². The highest BCUT2D eigenvalue weighted by Crippen LogP contribution is 2.21. The molecule has 1 aromatic carbocycles. The molecule has 0 radical (unpaired) electrons. The Hall–Kier alpha value is -0.710.